The van der Waals surface area contributed by atoms with Gasteiger partial charge >= 0.3 is 5.97 Å². The van der Waals surface area contributed by atoms with Crippen molar-refractivity contribution in [2.75, 3.05) is 23.4 Å². The summed E-state index contributed by atoms with van der Waals surface area (Å²) in [4.78, 5) is 23.4. The predicted octanol–water partition coefficient (Wildman–Crippen LogP) is 3.34. The largest absolute Gasteiger partial charge is 0.453 e. The number of esters is 1. The van der Waals surface area contributed by atoms with Crippen LogP contribution >= 0.6 is 11.8 Å². The fourth-order valence-corrected chi connectivity index (χ4v) is 4.38. The number of carbonyl (C=O) groups excluding carboxylic acids is 2. The fraction of sp³-hybridized carbons (Fsp3) is 0.440. The first kappa shape index (κ1) is 26.2. The molecule has 1 saturated heterocycles. The topological polar surface area (TPSA) is 114 Å². The molecule has 1 aliphatic rings. The first-order valence-electron chi connectivity index (χ1n) is 11.2. The zero-order valence-electron chi connectivity index (χ0n) is 19.3. The highest BCUT2D eigenvalue weighted by Crippen LogP contribution is 2.39. The molecule has 3 rings (SSSR count). The zero-order chi connectivity index (χ0) is 24.5. The molecule has 34 heavy (non-hydrogen) atoms. The number of amides is 1. The summed E-state index contributed by atoms with van der Waals surface area (Å²) in [6.45, 7) is 2.85. The van der Waals surface area contributed by atoms with Gasteiger partial charge in [-0.15, -0.1) is 0 Å². The maximum Gasteiger partial charge on any atom is 0.303 e. The molecule has 1 heterocycles. The highest BCUT2D eigenvalue weighted by Gasteiger charge is 2.32. The van der Waals surface area contributed by atoms with Crippen molar-refractivity contribution < 1.29 is 34.0 Å². The second-order valence-electron chi connectivity index (χ2n) is 8.02. The Labute approximate surface area is 203 Å². The van der Waals surface area contributed by atoms with Crippen molar-refractivity contribution in [3.05, 3.63) is 65.2 Å². The van der Waals surface area contributed by atoms with Crippen molar-refractivity contribution in [1.29, 1.82) is 0 Å². The van der Waals surface area contributed by atoms with E-state index in [2.05, 4.69) is 5.32 Å². The Morgan fingerprint density at radius 1 is 1.15 bits per heavy atom. The molecule has 184 valence electrons. The van der Waals surface area contributed by atoms with E-state index in [1.807, 2.05) is 30.3 Å². The third-order valence-corrected chi connectivity index (χ3v) is 6.37. The summed E-state index contributed by atoms with van der Waals surface area (Å²) in [5.74, 6) is 0.382. The lowest BCUT2D eigenvalue weighted by Crippen LogP contribution is -2.31. The minimum absolute atomic E-state index is 0.0213. The average molecular weight is 490 g/mol. The number of anilines is 1. The van der Waals surface area contributed by atoms with Gasteiger partial charge in [-0.2, -0.15) is 11.8 Å². The number of hydrogen-bond acceptors (Lipinski definition) is 8. The molecule has 9 heteroatoms. The lowest BCUT2D eigenvalue weighted by molar-refractivity contribution is -0.245. The van der Waals surface area contributed by atoms with Gasteiger partial charge in [0.2, 0.25) is 0 Å². The van der Waals surface area contributed by atoms with Gasteiger partial charge in [-0.25, -0.2) is 0 Å². The molecule has 2 aromatic carbocycles. The monoisotopic (exact) mass is 489 g/mol. The van der Waals surface area contributed by atoms with Crippen LogP contribution in [0.1, 0.15) is 49.4 Å². The molecule has 2 aromatic rings. The van der Waals surface area contributed by atoms with Crippen LogP contribution in [-0.4, -0.2) is 52.4 Å². The fourth-order valence-electron chi connectivity index (χ4n) is 3.61. The van der Waals surface area contributed by atoms with E-state index < -0.39 is 24.3 Å². The Morgan fingerprint density at radius 2 is 1.91 bits per heavy atom. The molecule has 1 fully saturated rings. The smallest absolute Gasteiger partial charge is 0.303 e. The quantitative estimate of drug-likeness (QED) is 0.344. The van der Waals surface area contributed by atoms with E-state index in [1.165, 1.54) is 13.8 Å². The lowest BCUT2D eigenvalue weighted by atomic mass is 10.0. The molecule has 4 unspecified atom stereocenters. The van der Waals surface area contributed by atoms with Gasteiger partial charge in [-0.3, -0.25) is 9.59 Å². The molecule has 4 atom stereocenters. The third kappa shape index (κ3) is 7.54. The summed E-state index contributed by atoms with van der Waals surface area (Å²) in [6, 6.07) is 14.8. The molecular formula is C25H31NO7S. The highest BCUT2D eigenvalue weighted by atomic mass is 32.2. The van der Waals surface area contributed by atoms with Crippen molar-refractivity contribution in [1.82, 2.24) is 0 Å². The van der Waals surface area contributed by atoms with Crippen molar-refractivity contribution in [3.8, 4) is 0 Å². The molecule has 1 aliphatic heterocycles. The Hall–Kier alpha value is -2.43. The number of benzene rings is 2. The van der Waals surface area contributed by atoms with Gasteiger partial charge in [-0.05, 0) is 30.2 Å². The molecule has 0 radical (unpaired) electrons. The second kappa shape index (κ2) is 12.9. The van der Waals surface area contributed by atoms with Crippen LogP contribution in [0.15, 0.2) is 48.5 Å². The van der Waals surface area contributed by atoms with Crippen molar-refractivity contribution in [2.45, 2.75) is 51.5 Å². The number of rotatable bonds is 10. The number of thioether (sulfide) groups is 1. The summed E-state index contributed by atoms with van der Waals surface area (Å²) in [7, 11) is 0. The summed E-state index contributed by atoms with van der Waals surface area (Å²) in [5.41, 5.74) is 3.09. The number of nitrogens with one attached hydrogen (secondary N) is 1. The van der Waals surface area contributed by atoms with E-state index in [9.17, 15) is 14.7 Å². The molecule has 0 aromatic heterocycles. The van der Waals surface area contributed by atoms with Crippen LogP contribution in [-0.2, 0) is 30.4 Å². The van der Waals surface area contributed by atoms with E-state index in [0.717, 1.165) is 16.7 Å². The molecular weight excluding hydrogens is 458 g/mol. The van der Waals surface area contributed by atoms with Gasteiger partial charge in [0.25, 0.3) is 5.91 Å². The molecule has 1 amide bonds. The first-order valence-corrected chi connectivity index (χ1v) is 12.3. The van der Waals surface area contributed by atoms with E-state index >= 15 is 0 Å². The maximum absolute atomic E-state index is 12.3. The molecule has 0 spiro atoms. The van der Waals surface area contributed by atoms with Gasteiger partial charge < -0.3 is 29.7 Å². The van der Waals surface area contributed by atoms with Crippen LogP contribution in [0.4, 0.5) is 5.69 Å². The number of hydrogen-bond donors (Lipinski definition) is 3. The van der Waals surface area contributed by atoms with Crippen LogP contribution in [0.5, 0.6) is 0 Å². The molecule has 3 N–H and O–H groups in total. The van der Waals surface area contributed by atoms with Crippen LogP contribution in [0.2, 0.25) is 0 Å². The minimum Gasteiger partial charge on any atom is -0.453 e. The van der Waals surface area contributed by atoms with Gasteiger partial charge in [0.1, 0.15) is 0 Å². The summed E-state index contributed by atoms with van der Waals surface area (Å²) in [6.07, 6.45) is -1.22. The van der Waals surface area contributed by atoms with Gasteiger partial charge in [0.05, 0.1) is 25.4 Å². The number of ether oxygens (including phenoxy) is 3. The second-order valence-corrected chi connectivity index (χ2v) is 9.16. The van der Waals surface area contributed by atoms with E-state index in [0.29, 0.717) is 23.6 Å². The van der Waals surface area contributed by atoms with Crippen LogP contribution in [0.25, 0.3) is 0 Å². The number of aliphatic hydroxyl groups excluding tert-OH is 2. The molecule has 8 nitrogen and oxygen atoms in total. The van der Waals surface area contributed by atoms with Crippen LogP contribution < -0.4 is 5.32 Å². The Morgan fingerprint density at radius 3 is 2.59 bits per heavy atom. The van der Waals surface area contributed by atoms with Crippen molar-refractivity contribution in [3.63, 3.8) is 0 Å². The van der Waals surface area contributed by atoms with E-state index in [-0.39, 0.29) is 25.4 Å². The van der Waals surface area contributed by atoms with Crippen molar-refractivity contribution >= 4 is 29.3 Å². The van der Waals surface area contributed by atoms with Gasteiger partial charge in [-0.1, -0.05) is 36.4 Å². The van der Waals surface area contributed by atoms with Gasteiger partial charge in [0.15, 0.2) is 12.4 Å². The Balaban J connectivity index is 1.76. The Kier molecular flexibility index (Phi) is 9.91. The molecule has 0 saturated carbocycles. The third-order valence-electron chi connectivity index (χ3n) is 5.29. The van der Waals surface area contributed by atoms with E-state index in [1.54, 1.807) is 30.0 Å². The van der Waals surface area contributed by atoms with Crippen LogP contribution in [0, 0.1) is 0 Å². The molecule has 0 aliphatic carbocycles. The number of carbonyl (C=O) groups is 2. The molecule has 0 bridgehead atoms. The summed E-state index contributed by atoms with van der Waals surface area (Å²) < 4.78 is 17.5. The predicted molar refractivity (Wildman–Crippen MR) is 129 cm³/mol. The van der Waals surface area contributed by atoms with Gasteiger partial charge in [0, 0.05) is 36.1 Å². The van der Waals surface area contributed by atoms with Crippen molar-refractivity contribution in [2.24, 2.45) is 0 Å². The lowest BCUT2D eigenvalue weighted by Gasteiger charge is -2.36. The summed E-state index contributed by atoms with van der Waals surface area (Å²) in [5, 5.41) is 21.2. The standard InChI is InChI=1S/C25H31NO7S/c1-16(31-17(2)29)24(30)26-21-5-3-4-20(12-21)25-32-22(15-34-11-10-27)13-23(33-25)19-8-6-18(14-28)7-9-19/h3-9,12,16,22-23,25,27-28H,10-11,13-15H2,1-2H3,(H,26,30). The average Bonchev–Trinajstić information content (AvgIpc) is 2.84. The summed E-state index contributed by atoms with van der Waals surface area (Å²) >= 11 is 1.62. The zero-order valence-corrected chi connectivity index (χ0v) is 20.1. The first-order chi connectivity index (χ1) is 16.4. The highest BCUT2D eigenvalue weighted by molar-refractivity contribution is 7.99. The maximum atomic E-state index is 12.3. The number of aliphatic hydroxyl groups is 2. The van der Waals surface area contributed by atoms with Crippen LogP contribution in [0.3, 0.4) is 0 Å². The minimum atomic E-state index is -0.914. The Bertz CT molecular complexity index is 953. The normalized spacial score (nSPS) is 21.0. The SMILES string of the molecule is CC(=O)OC(C)C(=O)Nc1cccc(C2OC(CSCCO)CC(c3ccc(CO)cc3)O2)c1. The van der Waals surface area contributed by atoms with E-state index in [4.69, 9.17) is 19.3 Å².